The van der Waals surface area contributed by atoms with Crippen molar-refractivity contribution in [1.29, 1.82) is 0 Å². The number of nitrogens with zero attached hydrogens (tertiary/aromatic N) is 1. The van der Waals surface area contributed by atoms with Crippen molar-refractivity contribution in [3.8, 4) is 0 Å². The highest BCUT2D eigenvalue weighted by atomic mass is 35.5. The van der Waals surface area contributed by atoms with Gasteiger partial charge in [0.05, 0.1) is 22.5 Å². The van der Waals surface area contributed by atoms with Gasteiger partial charge in [0.2, 0.25) is 0 Å². The number of thiophene rings is 1. The van der Waals surface area contributed by atoms with Crippen molar-refractivity contribution in [2.75, 3.05) is 5.32 Å². The zero-order valence-electron chi connectivity index (χ0n) is 9.26. The first-order valence-electron chi connectivity index (χ1n) is 5.37. The second-order valence-electron chi connectivity index (χ2n) is 3.72. The number of nitrogens with one attached hydrogen (secondary N) is 2. The van der Waals surface area contributed by atoms with Crippen LogP contribution in [0.25, 0.3) is 0 Å². The molecule has 0 saturated heterocycles. The van der Waals surface area contributed by atoms with Crippen molar-refractivity contribution in [1.82, 2.24) is 10.2 Å². The van der Waals surface area contributed by atoms with Gasteiger partial charge in [0.15, 0.2) is 0 Å². The molecule has 18 heavy (non-hydrogen) atoms. The maximum atomic E-state index is 5.99. The minimum absolute atomic E-state index is 0.0601. The molecule has 0 saturated carbocycles. The molecule has 3 heterocycles. The number of H-pyrrole nitrogens is 1. The number of rotatable bonds is 4. The Bertz CT molecular complexity index is 603. The van der Waals surface area contributed by atoms with E-state index < -0.39 is 0 Å². The molecule has 3 aromatic rings. The van der Waals surface area contributed by atoms with Gasteiger partial charge >= 0.3 is 0 Å². The molecular formula is C12H10ClN3OS. The van der Waals surface area contributed by atoms with Gasteiger partial charge in [-0.15, -0.1) is 11.3 Å². The van der Waals surface area contributed by atoms with E-state index in [4.69, 9.17) is 16.0 Å². The van der Waals surface area contributed by atoms with Crippen LogP contribution in [0, 0.1) is 0 Å². The van der Waals surface area contributed by atoms with Gasteiger partial charge < -0.3 is 9.73 Å². The Morgan fingerprint density at radius 3 is 2.94 bits per heavy atom. The second kappa shape index (κ2) is 4.88. The smallest absolute Gasteiger partial charge is 0.131 e. The van der Waals surface area contributed by atoms with E-state index in [1.807, 2.05) is 24.3 Å². The van der Waals surface area contributed by atoms with Gasteiger partial charge in [-0.05, 0) is 24.3 Å². The molecule has 0 radical (unpaired) electrons. The van der Waals surface area contributed by atoms with Crippen LogP contribution in [0.1, 0.15) is 16.7 Å². The summed E-state index contributed by atoms with van der Waals surface area (Å²) in [5, 5.41) is 10.0. The molecule has 0 amide bonds. The van der Waals surface area contributed by atoms with E-state index in [1.54, 1.807) is 18.7 Å². The number of halogens is 1. The van der Waals surface area contributed by atoms with E-state index in [9.17, 15) is 0 Å². The molecule has 0 fully saturated rings. The van der Waals surface area contributed by atoms with Gasteiger partial charge in [0, 0.05) is 11.1 Å². The third kappa shape index (κ3) is 2.27. The van der Waals surface area contributed by atoms with Gasteiger partial charge in [-0.1, -0.05) is 11.6 Å². The first-order chi connectivity index (χ1) is 8.83. The van der Waals surface area contributed by atoms with Gasteiger partial charge in [0.1, 0.15) is 11.8 Å². The van der Waals surface area contributed by atoms with Crippen molar-refractivity contribution in [2.45, 2.75) is 6.04 Å². The van der Waals surface area contributed by atoms with E-state index in [1.165, 1.54) is 11.3 Å². The Morgan fingerprint density at radius 1 is 1.39 bits per heavy atom. The van der Waals surface area contributed by atoms with Gasteiger partial charge in [-0.3, -0.25) is 5.10 Å². The molecule has 0 bridgehead atoms. The predicted molar refractivity (Wildman–Crippen MR) is 72.1 cm³/mol. The maximum Gasteiger partial charge on any atom is 0.131 e. The summed E-state index contributed by atoms with van der Waals surface area (Å²) in [4.78, 5) is 1.09. The van der Waals surface area contributed by atoms with Gasteiger partial charge in [-0.25, -0.2) is 0 Å². The van der Waals surface area contributed by atoms with Crippen LogP contribution in [-0.2, 0) is 0 Å². The average Bonchev–Trinajstić information content (AvgIpc) is 3.09. The summed E-state index contributed by atoms with van der Waals surface area (Å²) >= 11 is 7.52. The van der Waals surface area contributed by atoms with Crippen LogP contribution in [0.4, 0.5) is 5.69 Å². The van der Waals surface area contributed by atoms with Crippen molar-refractivity contribution >= 4 is 28.6 Å². The first kappa shape index (κ1) is 11.4. The molecule has 6 heteroatoms. The molecule has 92 valence electrons. The van der Waals surface area contributed by atoms with Crippen molar-refractivity contribution in [3.05, 3.63) is 57.9 Å². The second-order valence-corrected chi connectivity index (χ2v) is 5.47. The summed E-state index contributed by atoms with van der Waals surface area (Å²) in [6.07, 6.45) is 5.19. The van der Waals surface area contributed by atoms with Crippen molar-refractivity contribution in [3.63, 3.8) is 0 Å². The number of hydrogen-bond donors (Lipinski definition) is 2. The molecule has 3 aromatic heterocycles. The summed E-state index contributed by atoms with van der Waals surface area (Å²) in [7, 11) is 0. The molecule has 0 spiro atoms. The van der Waals surface area contributed by atoms with Crippen LogP contribution in [-0.4, -0.2) is 10.2 Å². The molecule has 0 aliphatic carbocycles. The highest BCUT2D eigenvalue weighted by molar-refractivity contribution is 7.16. The molecule has 1 atom stereocenters. The van der Waals surface area contributed by atoms with Crippen LogP contribution >= 0.6 is 22.9 Å². The normalized spacial score (nSPS) is 12.5. The van der Waals surface area contributed by atoms with Gasteiger partial charge in [-0.2, -0.15) is 5.10 Å². The Kier molecular flexibility index (Phi) is 3.08. The minimum atomic E-state index is -0.0601. The number of furan rings is 1. The summed E-state index contributed by atoms with van der Waals surface area (Å²) in [5.74, 6) is 0.842. The van der Waals surface area contributed by atoms with Crippen LogP contribution in [0.5, 0.6) is 0 Å². The molecule has 3 rings (SSSR count). The third-order valence-electron chi connectivity index (χ3n) is 2.52. The number of anilines is 1. The lowest BCUT2D eigenvalue weighted by molar-refractivity contribution is 0.501. The molecular weight excluding hydrogens is 270 g/mol. The monoisotopic (exact) mass is 279 g/mol. The molecule has 0 aliphatic heterocycles. The summed E-state index contributed by atoms with van der Waals surface area (Å²) in [5.41, 5.74) is 0.904. The molecule has 0 aliphatic rings. The van der Waals surface area contributed by atoms with E-state index >= 15 is 0 Å². The Labute approximate surface area is 113 Å². The van der Waals surface area contributed by atoms with Crippen molar-refractivity contribution < 1.29 is 4.42 Å². The Hall–Kier alpha value is -1.72. The van der Waals surface area contributed by atoms with Crippen molar-refractivity contribution in [2.24, 2.45) is 0 Å². The van der Waals surface area contributed by atoms with Crippen LogP contribution in [0.2, 0.25) is 4.34 Å². The third-order valence-corrected chi connectivity index (χ3v) is 3.81. The minimum Gasteiger partial charge on any atom is -0.467 e. The number of aromatic nitrogens is 2. The fraction of sp³-hybridized carbons (Fsp3) is 0.0833. The summed E-state index contributed by atoms with van der Waals surface area (Å²) in [6, 6.07) is 7.62. The molecule has 2 N–H and O–H groups in total. The fourth-order valence-corrected chi connectivity index (χ4v) is 2.84. The molecule has 1 unspecified atom stereocenters. The SMILES string of the molecule is Clc1ccc(C(Nc2cn[nH]c2)c2ccco2)s1. The van der Waals surface area contributed by atoms with Gasteiger partial charge in [0.25, 0.3) is 0 Å². The van der Waals surface area contributed by atoms with E-state index in [0.717, 1.165) is 20.7 Å². The molecule has 4 nitrogen and oxygen atoms in total. The number of hydrogen-bond acceptors (Lipinski definition) is 4. The van der Waals surface area contributed by atoms with E-state index in [2.05, 4.69) is 15.5 Å². The largest absolute Gasteiger partial charge is 0.467 e. The zero-order chi connectivity index (χ0) is 12.4. The van der Waals surface area contributed by atoms with Crippen LogP contribution in [0.3, 0.4) is 0 Å². The Morgan fingerprint density at radius 2 is 2.33 bits per heavy atom. The number of aromatic amines is 1. The lowest BCUT2D eigenvalue weighted by Crippen LogP contribution is -2.09. The quantitative estimate of drug-likeness (QED) is 0.761. The Balaban J connectivity index is 1.93. The molecule has 0 aromatic carbocycles. The summed E-state index contributed by atoms with van der Waals surface area (Å²) in [6.45, 7) is 0. The lowest BCUT2D eigenvalue weighted by Gasteiger charge is -2.14. The summed E-state index contributed by atoms with van der Waals surface area (Å²) < 4.78 is 6.24. The predicted octanol–water partition coefficient (Wildman–Crippen LogP) is 3.92. The van der Waals surface area contributed by atoms with Crippen LogP contribution < -0.4 is 5.32 Å². The lowest BCUT2D eigenvalue weighted by atomic mass is 10.2. The van der Waals surface area contributed by atoms with Crippen LogP contribution in [0.15, 0.2) is 47.3 Å². The highest BCUT2D eigenvalue weighted by Crippen LogP contribution is 2.33. The average molecular weight is 280 g/mol. The highest BCUT2D eigenvalue weighted by Gasteiger charge is 2.19. The zero-order valence-corrected chi connectivity index (χ0v) is 10.8. The van der Waals surface area contributed by atoms with E-state index in [0.29, 0.717) is 0 Å². The standard InChI is InChI=1S/C12H10ClN3OS/c13-11-4-3-10(18-11)12(9-2-1-5-17-9)16-8-6-14-15-7-8/h1-7,12,16H,(H,14,15). The maximum absolute atomic E-state index is 5.99. The first-order valence-corrected chi connectivity index (χ1v) is 6.56. The topological polar surface area (TPSA) is 53.9 Å². The fourth-order valence-electron chi connectivity index (χ4n) is 1.72. The van der Waals surface area contributed by atoms with E-state index in [-0.39, 0.29) is 6.04 Å².